The zero-order valence-electron chi connectivity index (χ0n) is 20.3. The maximum atomic E-state index is 11.8. The van der Waals surface area contributed by atoms with Gasteiger partial charge in [-0.1, -0.05) is 13.3 Å². The lowest BCUT2D eigenvalue weighted by Crippen LogP contribution is -2.41. The second kappa shape index (κ2) is 11.1. The number of aliphatic hydroxyl groups excluding tert-OH is 1. The molecule has 0 aliphatic heterocycles. The molecule has 0 unspecified atom stereocenters. The number of nitrogens with one attached hydrogen (secondary N) is 2. The van der Waals surface area contributed by atoms with Crippen molar-refractivity contribution in [2.75, 3.05) is 26.1 Å². The Labute approximate surface area is 198 Å². The fraction of sp³-hybridized carbons (Fsp3) is 0.522. The van der Waals surface area contributed by atoms with E-state index in [1.165, 1.54) is 13.4 Å². The fourth-order valence-electron chi connectivity index (χ4n) is 3.78. The average Bonchev–Trinajstić information content (AvgIpc) is 3.22. The molecule has 0 aliphatic carbocycles. The second-order valence-electron chi connectivity index (χ2n) is 8.49. The van der Waals surface area contributed by atoms with Crippen molar-refractivity contribution in [2.24, 2.45) is 0 Å². The standard InChI is InChI=1S/C23H33N7O4/c1-6-7-15(10-11-31)27-21-20-16(24-14-25-21)12-26-30(20)13-17-18(33-4)8-9-19(28-17)23(2,3)29-22(32)34-5/h8-9,12,14-15,31H,6-7,10-11,13H2,1-5H3,(H,29,32)(H,24,25,27)/t15-/m0/s1. The molecule has 3 N–H and O–H groups in total. The fourth-order valence-corrected chi connectivity index (χ4v) is 3.78. The minimum absolute atomic E-state index is 0.0811. The molecule has 34 heavy (non-hydrogen) atoms. The third-order valence-electron chi connectivity index (χ3n) is 5.58. The SMILES string of the molecule is CCC[C@@H](CCO)Nc1ncnc2cnn(Cc3nc(C(C)(C)NC(=O)OC)ccc3OC)c12. The minimum atomic E-state index is -0.770. The highest BCUT2D eigenvalue weighted by Crippen LogP contribution is 2.27. The van der Waals surface area contributed by atoms with Crippen LogP contribution in [0.25, 0.3) is 11.0 Å². The van der Waals surface area contributed by atoms with Gasteiger partial charge < -0.3 is 25.2 Å². The van der Waals surface area contributed by atoms with Crippen molar-refractivity contribution in [3.05, 3.63) is 36.0 Å². The number of carbonyl (C=O) groups excluding carboxylic acids is 1. The van der Waals surface area contributed by atoms with E-state index in [0.29, 0.717) is 41.4 Å². The highest BCUT2D eigenvalue weighted by Gasteiger charge is 2.26. The van der Waals surface area contributed by atoms with Gasteiger partial charge in [-0.3, -0.25) is 4.68 Å². The van der Waals surface area contributed by atoms with Crippen molar-refractivity contribution in [3.63, 3.8) is 0 Å². The van der Waals surface area contributed by atoms with E-state index in [2.05, 4.69) is 32.6 Å². The first kappa shape index (κ1) is 25.2. The molecule has 0 saturated carbocycles. The molecule has 1 atom stereocenters. The first-order valence-corrected chi connectivity index (χ1v) is 11.3. The lowest BCUT2D eigenvalue weighted by Gasteiger charge is -2.26. The van der Waals surface area contributed by atoms with Crippen LogP contribution in [0.3, 0.4) is 0 Å². The third-order valence-corrected chi connectivity index (χ3v) is 5.58. The summed E-state index contributed by atoms with van der Waals surface area (Å²) in [6, 6.07) is 3.70. The molecule has 0 bridgehead atoms. The molecule has 3 aromatic rings. The van der Waals surface area contributed by atoms with Gasteiger partial charge in [-0.2, -0.15) is 5.10 Å². The Morgan fingerprint density at radius 2 is 2.03 bits per heavy atom. The molecule has 0 spiro atoms. The van der Waals surface area contributed by atoms with E-state index >= 15 is 0 Å². The van der Waals surface area contributed by atoms with Gasteiger partial charge in [0, 0.05) is 12.6 Å². The van der Waals surface area contributed by atoms with Crippen LogP contribution >= 0.6 is 0 Å². The van der Waals surface area contributed by atoms with Crippen LogP contribution in [0.1, 0.15) is 51.4 Å². The van der Waals surface area contributed by atoms with Crippen molar-refractivity contribution < 1.29 is 19.4 Å². The Bertz CT molecular complexity index is 1110. The van der Waals surface area contributed by atoms with Gasteiger partial charge in [0.2, 0.25) is 0 Å². The summed E-state index contributed by atoms with van der Waals surface area (Å²) in [5.41, 5.74) is 1.95. The quantitative estimate of drug-likeness (QED) is 0.385. The first-order valence-electron chi connectivity index (χ1n) is 11.3. The van der Waals surface area contributed by atoms with E-state index in [-0.39, 0.29) is 12.6 Å². The number of aliphatic hydroxyl groups is 1. The molecule has 184 valence electrons. The summed E-state index contributed by atoms with van der Waals surface area (Å²) in [4.78, 5) is 25.4. The van der Waals surface area contributed by atoms with Crippen molar-refractivity contribution in [3.8, 4) is 5.75 Å². The van der Waals surface area contributed by atoms with E-state index in [4.69, 9.17) is 14.5 Å². The number of ether oxygens (including phenoxy) is 2. The Morgan fingerprint density at radius 1 is 1.24 bits per heavy atom. The van der Waals surface area contributed by atoms with Crippen molar-refractivity contribution in [2.45, 2.75) is 58.2 Å². The van der Waals surface area contributed by atoms with E-state index in [0.717, 1.165) is 18.4 Å². The summed E-state index contributed by atoms with van der Waals surface area (Å²) in [5, 5.41) is 20.2. The topological polar surface area (TPSA) is 136 Å². The number of anilines is 1. The van der Waals surface area contributed by atoms with E-state index in [1.807, 2.05) is 19.9 Å². The van der Waals surface area contributed by atoms with Crippen LogP contribution in [0, 0.1) is 0 Å². The van der Waals surface area contributed by atoms with Gasteiger partial charge in [0.1, 0.15) is 28.8 Å². The Kier molecular flexibility index (Phi) is 8.21. The maximum absolute atomic E-state index is 11.8. The number of pyridine rings is 1. The molecule has 0 fully saturated rings. The molecule has 3 heterocycles. The summed E-state index contributed by atoms with van der Waals surface area (Å²) < 4.78 is 12.1. The van der Waals surface area contributed by atoms with Crippen LogP contribution in [0.4, 0.5) is 10.6 Å². The smallest absolute Gasteiger partial charge is 0.407 e. The van der Waals surface area contributed by atoms with Crippen molar-refractivity contribution >= 4 is 22.9 Å². The molecular weight excluding hydrogens is 438 g/mol. The lowest BCUT2D eigenvalue weighted by molar-refractivity contribution is 0.159. The summed E-state index contributed by atoms with van der Waals surface area (Å²) in [7, 11) is 2.90. The summed E-state index contributed by atoms with van der Waals surface area (Å²) >= 11 is 0. The zero-order valence-corrected chi connectivity index (χ0v) is 20.3. The first-order chi connectivity index (χ1) is 16.3. The number of rotatable bonds is 11. The number of alkyl carbamates (subject to hydrolysis) is 1. The third kappa shape index (κ3) is 5.71. The van der Waals surface area contributed by atoms with Gasteiger partial charge in [0.15, 0.2) is 5.82 Å². The van der Waals surface area contributed by atoms with Crippen LogP contribution in [-0.2, 0) is 16.8 Å². The Hall–Kier alpha value is -3.47. The number of hydrogen-bond acceptors (Lipinski definition) is 9. The summed E-state index contributed by atoms with van der Waals surface area (Å²) in [5.74, 6) is 1.24. The molecule has 0 aliphatic rings. The van der Waals surface area contributed by atoms with Gasteiger partial charge in [0.25, 0.3) is 0 Å². The van der Waals surface area contributed by atoms with E-state index in [1.54, 1.807) is 24.1 Å². The second-order valence-corrected chi connectivity index (χ2v) is 8.49. The Morgan fingerprint density at radius 3 is 2.71 bits per heavy atom. The molecule has 0 saturated heterocycles. The van der Waals surface area contributed by atoms with E-state index in [9.17, 15) is 9.90 Å². The normalized spacial score (nSPS) is 12.4. The van der Waals surface area contributed by atoms with E-state index < -0.39 is 11.6 Å². The minimum Gasteiger partial charge on any atom is -0.495 e. The van der Waals surface area contributed by atoms with Crippen molar-refractivity contribution in [1.29, 1.82) is 0 Å². The number of nitrogens with zero attached hydrogens (tertiary/aromatic N) is 5. The van der Waals surface area contributed by atoms with Crippen molar-refractivity contribution in [1.82, 2.24) is 30.0 Å². The maximum Gasteiger partial charge on any atom is 0.407 e. The van der Waals surface area contributed by atoms with Gasteiger partial charge in [0.05, 0.1) is 38.2 Å². The predicted octanol–water partition coefficient (Wildman–Crippen LogP) is 2.83. The Balaban J connectivity index is 1.98. The monoisotopic (exact) mass is 471 g/mol. The summed E-state index contributed by atoms with van der Waals surface area (Å²) in [6.07, 6.45) is 5.14. The zero-order chi connectivity index (χ0) is 24.7. The number of fused-ring (bicyclic) bond motifs is 1. The van der Waals surface area contributed by atoms with Gasteiger partial charge >= 0.3 is 6.09 Å². The number of amides is 1. The molecular formula is C23H33N7O4. The van der Waals surface area contributed by atoms with Crippen LogP contribution < -0.4 is 15.4 Å². The molecule has 0 radical (unpaired) electrons. The van der Waals surface area contributed by atoms with Crippen LogP contribution in [0.5, 0.6) is 5.75 Å². The largest absolute Gasteiger partial charge is 0.495 e. The molecule has 11 nitrogen and oxygen atoms in total. The van der Waals surface area contributed by atoms with Gasteiger partial charge in [-0.05, 0) is 38.8 Å². The highest BCUT2D eigenvalue weighted by atomic mass is 16.5. The number of methoxy groups -OCH3 is 2. The molecule has 1 amide bonds. The van der Waals surface area contributed by atoms with Crippen LogP contribution in [-0.4, -0.2) is 62.8 Å². The number of aromatic nitrogens is 5. The van der Waals surface area contributed by atoms with Gasteiger partial charge in [-0.15, -0.1) is 0 Å². The van der Waals surface area contributed by atoms with Crippen LogP contribution in [0.15, 0.2) is 24.7 Å². The molecule has 3 aromatic heterocycles. The average molecular weight is 472 g/mol. The van der Waals surface area contributed by atoms with Crippen LogP contribution in [0.2, 0.25) is 0 Å². The predicted molar refractivity (Wildman–Crippen MR) is 128 cm³/mol. The number of carbonyl (C=O) groups is 1. The lowest BCUT2D eigenvalue weighted by atomic mass is 9.99. The molecule has 0 aromatic carbocycles. The summed E-state index contributed by atoms with van der Waals surface area (Å²) in [6.45, 7) is 6.19. The highest BCUT2D eigenvalue weighted by molar-refractivity contribution is 5.85. The molecule has 3 rings (SSSR count). The molecule has 11 heteroatoms. The van der Waals surface area contributed by atoms with Gasteiger partial charge in [-0.25, -0.2) is 19.7 Å². The number of hydrogen-bond donors (Lipinski definition) is 3.